The van der Waals surface area contributed by atoms with Gasteiger partial charge in [0.25, 0.3) is 0 Å². The molecule has 15 heavy (non-hydrogen) atoms. The summed E-state index contributed by atoms with van der Waals surface area (Å²) in [4.78, 5) is 18.8. The fourth-order valence-electron chi connectivity index (χ4n) is 0.981. The van der Waals surface area contributed by atoms with Crippen LogP contribution in [0.3, 0.4) is 0 Å². The molecular formula is C7H5FN2O5. The van der Waals surface area contributed by atoms with Crippen molar-refractivity contribution in [3.63, 3.8) is 0 Å². The Kier molecular flexibility index (Phi) is 2.79. The van der Waals surface area contributed by atoms with Gasteiger partial charge in [0.15, 0.2) is 11.6 Å². The van der Waals surface area contributed by atoms with Crippen molar-refractivity contribution in [1.29, 1.82) is 0 Å². The number of nitrogens with zero attached hydrogens (tertiary/aromatic N) is 2. The lowest BCUT2D eigenvalue weighted by molar-refractivity contribution is -0.422. The van der Waals surface area contributed by atoms with Crippen LogP contribution in [0.1, 0.15) is 0 Å². The maximum Gasteiger partial charge on any atom is 0.349 e. The number of rotatable bonds is 3. The van der Waals surface area contributed by atoms with Gasteiger partial charge in [-0.05, 0) is 0 Å². The highest BCUT2D eigenvalue weighted by Gasteiger charge is 2.27. The van der Waals surface area contributed by atoms with Crippen molar-refractivity contribution < 1.29 is 19.0 Å². The zero-order valence-electron chi connectivity index (χ0n) is 7.47. The number of halogens is 1. The summed E-state index contributed by atoms with van der Waals surface area (Å²) in [5.74, 6) is -1.43. The van der Waals surface area contributed by atoms with E-state index in [1.54, 1.807) is 0 Å². The normalized spacial score (nSPS) is 9.73. The van der Waals surface area contributed by atoms with Gasteiger partial charge in [-0.15, -0.1) is 0 Å². The number of nitro benzene ring substituents is 2. The van der Waals surface area contributed by atoms with Crippen LogP contribution in [-0.4, -0.2) is 17.0 Å². The second-order valence-corrected chi connectivity index (χ2v) is 2.49. The zero-order chi connectivity index (χ0) is 11.6. The van der Waals surface area contributed by atoms with Crippen LogP contribution in [0, 0.1) is 26.0 Å². The largest absolute Gasteiger partial charge is 0.493 e. The molecule has 0 aliphatic carbocycles. The van der Waals surface area contributed by atoms with E-state index in [0.717, 1.165) is 7.11 Å². The standard InChI is InChI=1S/C7H5FN2O5/c1-15-7-3-6(10(13)14)5(9(11)12)2-4(7)8/h2-3H,1H3. The summed E-state index contributed by atoms with van der Waals surface area (Å²) in [6.45, 7) is 0. The zero-order valence-corrected chi connectivity index (χ0v) is 7.47. The predicted octanol–water partition coefficient (Wildman–Crippen LogP) is 1.65. The lowest BCUT2D eigenvalue weighted by atomic mass is 10.2. The van der Waals surface area contributed by atoms with Crippen LogP contribution < -0.4 is 4.74 Å². The molecule has 7 nitrogen and oxygen atoms in total. The second-order valence-electron chi connectivity index (χ2n) is 2.49. The van der Waals surface area contributed by atoms with Gasteiger partial charge in [0.2, 0.25) is 0 Å². The van der Waals surface area contributed by atoms with E-state index in [4.69, 9.17) is 0 Å². The molecule has 0 heterocycles. The van der Waals surface area contributed by atoms with E-state index < -0.39 is 32.8 Å². The molecule has 0 amide bonds. The average Bonchev–Trinajstić information content (AvgIpc) is 2.16. The molecule has 1 aromatic rings. The Morgan fingerprint density at radius 2 is 1.67 bits per heavy atom. The molecule has 8 heteroatoms. The Labute approximate surface area is 82.4 Å². The molecule has 80 valence electrons. The van der Waals surface area contributed by atoms with Crippen molar-refractivity contribution in [3.05, 3.63) is 38.2 Å². The number of hydrogen-bond acceptors (Lipinski definition) is 5. The minimum atomic E-state index is -1.03. The Morgan fingerprint density at radius 1 is 1.20 bits per heavy atom. The van der Waals surface area contributed by atoms with E-state index in [9.17, 15) is 24.6 Å². The molecule has 0 unspecified atom stereocenters. The van der Waals surface area contributed by atoms with Gasteiger partial charge in [-0.25, -0.2) is 4.39 Å². The third kappa shape index (κ3) is 1.98. The Morgan fingerprint density at radius 3 is 2.07 bits per heavy atom. The number of benzene rings is 1. The summed E-state index contributed by atoms with van der Waals surface area (Å²) in [6, 6.07) is 1.13. The van der Waals surface area contributed by atoms with Gasteiger partial charge in [-0.2, -0.15) is 0 Å². The van der Waals surface area contributed by atoms with Crippen molar-refractivity contribution in [2.24, 2.45) is 0 Å². The van der Waals surface area contributed by atoms with Crippen molar-refractivity contribution in [2.45, 2.75) is 0 Å². The third-order valence-corrected chi connectivity index (χ3v) is 1.64. The molecule has 0 N–H and O–H groups in total. The van der Waals surface area contributed by atoms with Crippen LogP contribution in [0.4, 0.5) is 15.8 Å². The topological polar surface area (TPSA) is 95.5 Å². The van der Waals surface area contributed by atoms with Crippen molar-refractivity contribution in [1.82, 2.24) is 0 Å². The third-order valence-electron chi connectivity index (χ3n) is 1.64. The van der Waals surface area contributed by atoms with Gasteiger partial charge in [-0.1, -0.05) is 0 Å². The summed E-state index contributed by atoms with van der Waals surface area (Å²) in [6.07, 6.45) is 0. The fourth-order valence-corrected chi connectivity index (χ4v) is 0.981. The van der Waals surface area contributed by atoms with Gasteiger partial charge in [0.1, 0.15) is 0 Å². The smallest absolute Gasteiger partial charge is 0.349 e. The van der Waals surface area contributed by atoms with Gasteiger partial charge in [0, 0.05) is 0 Å². The highest BCUT2D eigenvalue weighted by Crippen LogP contribution is 2.32. The van der Waals surface area contributed by atoms with Gasteiger partial charge in [-0.3, -0.25) is 20.2 Å². The van der Waals surface area contributed by atoms with Crippen LogP contribution >= 0.6 is 0 Å². The first-order valence-corrected chi connectivity index (χ1v) is 3.63. The molecule has 0 bridgehead atoms. The summed E-state index contributed by atoms with van der Waals surface area (Å²) in [5.41, 5.74) is -1.71. The molecule has 0 aliphatic rings. The van der Waals surface area contributed by atoms with E-state index in [-0.39, 0.29) is 0 Å². The average molecular weight is 216 g/mol. The minimum Gasteiger partial charge on any atom is -0.493 e. The lowest BCUT2D eigenvalue weighted by Gasteiger charge is -2.01. The maximum atomic E-state index is 13.0. The quantitative estimate of drug-likeness (QED) is 0.565. The molecule has 0 aromatic heterocycles. The molecule has 0 radical (unpaired) electrons. The lowest BCUT2D eigenvalue weighted by Crippen LogP contribution is -1.99. The van der Waals surface area contributed by atoms with Crippen molar-refractivity contribution >= 4 is 11.4 Å². The molecule has 0 saturated carbocycles. The molecule has 1 aromatic carbocycles. The molecule has 0 spiro atoms. The number of hydrogen-bond donors (Lipinski definition) is 0. The number of ether oxygens (including phenoxy) is 1. The molecule has 0 saturated heterocycles. The van der Waals surface area contributed by atoms with Crippen LogP contribution in [-0.2, 0) is 0 Å². The van der Waals surface area contributed by atoms with Crippen molar-refractivity contribution in [3.8, 4) is 5.75 Å². The summed E-state index contributed by atoms with van der Waals surface area (Å²) < 4.78 is 17.5. The molecule has 0 aliphatic heterocycles. The van der Waals surface area contributed by atoms with E-state index >= 15 is 0 Å². The number of methoxy groups -OCH3 is 1. The first-order valence-electron chi connectivity index (χ1n) is 3.63. The second kappa shape index (κ2) is 3.86. The van der Waals surface area contributed by atoms with Crippen LogP contribution in [0.25, 0.3) is 0 Å². The summed E-state index contributed by atoms with van der Waals surface area (Å²) in [7, 11) is 1.11. The summed E-state index contributed by atoms with van der Waals surface area (Å²) in [5, 5.41) is 20.8. The van der Waals surface area contributed by atoms with Crippen LogP contribution in [0.2, 0.25) is 0 Å². The SMILES string of the molecule is COc1cc([N+](=O)[O-])c([N+](=O)[O-])cc1F. The van der Waals surface area contributed by atoms with E-state index in [1.165, 1.54) is 0 Å². The van der Waals surface area contributed by atoms with E-state index in [2.05, 4.69) is 4.74 Å². The Hall–Kier alpha value is -2.25. The highest BCUT2D eigenvalue weighted by atomic mass is 19.1. The monoisotopic (exact) mass is 216 g/mol. The first-order chi connectivity index (χ1) is 6.97. The molecule has 0 fully saturated rings. The maximum absolute atomic E-state index is 13.0. The fraction of sp³-hybridized carbons (Fsp3) is 0.143. The van der Waals surface area contributed by atoms with Crippen LogP contribution in [0.15, 0.2) is 12.1 Å². The molecular weight excluding hydrogens is 211 g/mol. The highest BCUT2D eigenvalue weighted by molar-refractivity contribution is 5.56. The number of nitro groups is 2. The van der Waals surface area contributed by atoms with E-state index in [0.29, 0.717) is 12.1 Å². The molecule has 1 rings (SSSR count). The molecule has 0 atom stereocenters. The summed E-state index contributed by atoms with van der Waals surface area (Å²) >= 11 is 0. The predicted molar refractivity (Wildman–Crippen MR) is 46.3 cm³/mol. The van der Waals surface area contributed by atoms with Gasteiger partial charge >= 0.3 is 11.4 Å². The first kappa shape index (κ1) is 10.8. The Bertz CT molecular complexity index is 434. The van der Waals surface area contributed by atoms with E-state index in [1.807, 2.05) is 0 Å². The Balaban J connectivity index is 3.45. The van der Waals surface area contributed by atoms with Crippen molar-refractivity contribution in [2.75, 3.05) is 7.11 Å². The van der Waals surface area contributed by atoms with Gasteiger partial charge < -0.3 is 4.74 Å². The minimum absolute atomic E-state index is 0.410. The van der Waals surface area contributed by atoms with Gasteiger partial charge in [0.05, 0.1) is 29.1 Å². The van der Waals surface area contributed by atoms with Crippen LogP contribution in [0.5, 0.6) is 5.75 Å².